The van der Waals surface area contributed by atoms with Gasteiger partial charge in [-0.1, -0.05) is 45.7 Å². The minimum absolute atomic E-state index is 0.340. The molecule has 0 aromatic heterocycles. The van der Waals surface area contributed by atoms with E-state index in [0.29, 0.717) is 5.92 Å². The average molecular weight is 296 g/mol. The summed E-state index contributed by atoms with van der Waals surface area (Å²) in [7, 11) is 0. The van der Waals surface area contributed by atoms with Crippen LogP contribution in [0.1, 0.15) is 61.8 Å². The molecule has 0 aliphatic rings. The van der Waals surface area contributed by atoms with Crippen LogP contribution in [0.2, 0.25) is 0 Å². The molecular weight excluding hydrogens is 268 g/mol. The fourth-order valence-electron chi connectivity index (χ4n) is 3.21. The molecule has 0 spiro atoms. The van der Waals surface area contributed by atoms with Crippen LogP contribution in [-0.2, 0) is 12.8 Å². The van der Waals surface area contributed by atoms with E-state index < -0.39 is 0 Å². The lowest BCUT2D eigenvalue weighted by atomic mass is 9.84. The summed E-state index contributed by atoms with van der Waals surface area (Å²) in [6.07, 6.45) is 4.43. The molecule has 2 heteroatoms. The zero-order valence-electron chi connectivity index (χ0n) is 14.0. The largest absolute Gasteiger partial charge is 0.399 e. The van der Waals surface area contributed by atoms with Gasteiger partial charge in [-0.3, -0.25) is 0 Å². The van der Waals surface area contributed by atoms with E-state index in [1.54, 1.807) is 0 Å². The molecule has 1 atom stereocenters. The van der Waals surface area contributed by atoms with Crippen LogP contribution in [0.5, 0.6) is 0 Å². The average Bonchev–Trinajstić information content (AvgIpc) is 2.49. The van der Waals surface area contributed by atoms with E-state index in [-0.39, 0.29) is 0 Å². The quantitative estimate of drug-likeness (QED) is 0.744. The normalized spacial score (nSPS) is 12.3. The molecule has 0 bridgehead atoms. The lowest BCUT2D eigenvalue weighted by Gasteiger charge is -2.21. The highest BCUT2D eigenvalue weighted by Crippen LogP contribution is 2.32. The standard InChI is InChI=1S/C20H28N2/c1-4-6-15-8-9-18(22)13-20(15)14(3)19-11-10-17(21)12-16(19)7-5-2/h8-14H,4-7,21-22H2,1-3H3. The molecule has 1 unspecified atom stereocenters. The van der Waals surface area contributed by atoms with Gasteiger partial charge >= 0.3 is 0 Å². The second kappa shape index (κ2) is 7.35. The van der Waals surface area contributed by atoms with Gasteiger partial charge in [0.1, 0.15) is 0 Å². The number of hydrogen-bond acceptors (Lipinski definition) is 2. The zero-order valence-corrected chi connectivity index (χ0v) is 14.0. The molecule has 0 radical (unpaired) electrons. The van der Waals surface area contributed by atoms with Crippen molar-refractivity contribution >= 4 is 11.4 Å². The maximum Gasteiger partial charge on any atom is 0.0317 e. The number of nitrogen functional groups attached to an aromatic ring is 2. The summed E-state index contributed by atoms with van der Waals surface area (Å²) in [6, 6.07) is 12.7. The Morgan fingerprint density at radius 1 is 0.773 bits per heavy atom. The summed E-state index contributed by atoms with van der Waals surface area (Å²) in [4.78, 5) is 0. The van der Waals surface area contributed by atoms with E-state index in [4.69, 9.17) is 11.5 Å². The topological polar surface area (TPSA) is 52.0 Å². The van der Waals surface area contributed by atoms with Crippen LogP contribution < -0.4 is 11.5 Å². The molecule has 2 aromatic carbocycles. The molecule has 2 rings (SSSR count). The predicted molar refractivity (Wildman–Crippen MR) is 97.2 cm³/mol. The first-order chi connectivity index (χ1) is 10.6. The van der Waals surface area contributed by atoms with Crippen molar-refractivity contribution in [2.45, 2.75) is 52.4 Å². The van der Waals surface area contributed by atoms with Crippen molar-refractivity contribution in [3.63, 3.8) is 0 Å². The van der Waals surface area contributed by atoms with Crippen LogP contribution in [0.15, 0.2) is 36.4 Å². The Balaban J connectivity index is 2.47. The lowest BCUT2D eigenvalue weighted by Crippen LogP contribution is -2.06. The Morgan fingerprint density at radius 3 is 2.05 bits per heavy atom. The van der Waals surface area contributed by atoms with Crippen molar-refractivity contribution in [2.24, 2.45) is 0 Å². The van der Waals surface area contributed by atoms with Crippen LogP contribution in [0.3, 0.4) is 0 Å². The molecule has 0 aliphatic carbocycles. The maximum absolute atomic E-state index is 6.04. The second-order valence-electron chi connectivity index (χ2n) is 6.14. The number of anilines is 2. The Kier molecular flexibility index (Phi) is 5.48. The van der Waals surface area contributed by atoms with Gasteiger partial charge in [0, 0.05) is 17.3 Å². The maximum atomic E-state index is 6.04. The van der Waals surface area contributed by atoms with E-state index in [1.165, 1.54) is 22.3 Å². The zero-order chi connectivity index (χ0) is 16.1. The Bertz CT molecular complexity index is 632. The van der Waals surface area contributed by atoms with Crippen LogP contribution in [-0.4, -0.2) is 0 Å². The van der Waals surface area contributed by atoms with Gasteiger partial charge in [0.15, 0.2) is 0 Å². The smallest absolute Gasteiger partial charge is 0.0317 e. The van der Waals surface area contributed by atoms with Crippen molar-refractivity contribution in [3.8, 4) is 0 Å². The molecule has 0 amide bonds. The highest BCUT2D eigenvalue weighted by atomic mass is 14.5. The van der Waals surface area contributed by atoms with E-state index >= 15 is 0 Å². The summed E-state index contributed by atoms with van der Waals surface area (Å²) in [5, 5.41) is 0. The van der Waals surface area contributed by atoms with Crippen molar-refractivity contribution < 1.29 is 0 Å². The van der Waals surface area contributed by atoms with E-state index in [9.17, 15) is 0 Å². The fourth-order valence-corrected chi connectivity index (χ4v) is 3.21. The lowest BCUT2D eigenvalue weighted by molar-refractivity contribution is 0.826. The monoisotopic (exact) mass is 296 g/mol. The molecule has 4 N–H and O–H groups in total. The number of benzene rings is 2. The summed E-state index contributed by atoms with van der Waals surface area (Å²) < 4.78 is 0. The minimum atomic E-state index is 0.340. The van der Waals surface area contributed by atoms with Crippen molar-refractivity contribution in [1.29, 1.82) is 0 Å². The Hall–Kier alpha value is -1.96. The van der Waals surface area contributed by atoms with Gasteiger partial charge < -0.3 is 11.5 Å². The van der Waals surface area contributed by atoms with Crippen LogP contribution in [0, 0.1) is 0 Å². The van der Waals surface area contributed by atoms with Crippen LogP contribution in [0.4, 0.5) is 11.4 Å². The molecule has 0 fully saturated rings. The van der Waals surface area contributed by atoms with Gasteiger partial charge in [0.05, 0.1) is 0 Å². The van der Waals surface area contributed by atoms with Gasteiger partial charge in [-0.25, -0.2) is 0 Å². The third-order valence-electron chi connectivity index (χ3n) is 4.31. The highest BCUT2D eigenvalue weighted by molar-refractivity contribution is 5.52. The predicted octanol–water partition coefficient (Wildman–Crippen LogP) is 4.91. The van der Waals surface area contributed by atoms with E-state index in [2.05, 4.69) is 45.0 Å². The number of aryl methyl sites for hydroxylation is 2. The van der Waals surface area contributed by atoms with Crippen molar-refractivity contribution in [3.05, 3.63) is 58.7 Å². The summed E-state index contributed by atoms with van der Waals surface area (Å²) in [5.41, 5.74) is 19.2. The first-order valence-corrected chi connectivity index (χ1v) is 8.33. The van der Waals surface area contributed by atoms with Gasteiger partial charge in [-0.2, -0.15) is 0 Å². The summed E-state index contributed by atoms with van der Waals surface area (Å²) in [6.45, 7) is 6.70. The third-order valence-corrected chi connectivity index (χ3v) is 4.31. The Morgan fingerprint density at radius 2 is 1.36 bits per heavy atom. The second-order valence-corrected chi connectivity index (χ2v) is 6.14. The van der Waals surface area contributed by atoms with Gasteiger partial charge in [-0.05, 0) is 59.4 Å². The van der Waals surface area contributed by atoms with Crippen molar-refractivity contribution in [2.75, 3.05) is 11.5 Å². The van der Waals surface area contributed by atoms with Gasteiger partial charge in [0.2, 0.25) is 0 Å². The van der Waals surface area contributed by atoms with Crippen LogP contribution in [0.25, 0.3) is 0 Å². The molecule has 2 aromatic rings. The highest BCUT2D eigenvalue weighted by Gasteiger charge is 2.16. The SMILES string of the molecule is CCCc1cc(N)ccc1C(C)c1cc(N)ccc1CCC. The van der Waals surface area contributed by atoms with E-state index in [0.717, 1.165) is 37.1 Å². The Labute approximate surface area is 134 Å². The van der Waals surface area contributed by atoms with Gasteiger partial charge in [-0.15, -0.1) is 0 Å². The van der Waals surface area contributed by atoms with E-state index in [1.807, 2.05) is 12.1 Å². The first-order valence-electron chi connectivity index (χ1n) is 8.33. The van der Waals surface area contributed by atoms with Crippen LogP contribution >= 0.6 is 0 Å². The molecule has 22 heavy (non-hydrogen) atoms. The number of hydrogen-bond donors (Lipinski definition) is 2. The first kappa shape index (κ1) is 16.4. The van der Waals surface area contributed by atoms with Crippen molar-refractivity contribution in [1.82, 2.24) is 0 Å². The molecule has 0 aliphatic heterocycles. The molecule has 0 heterocycles. The minimum Gasteiger partial charge on any atom is -0.399 e. The molecular formula is C20H28N2. The fraction of sp³-hybridized carbons (Fsp3) is 0.400. The molecule has 118 valence electrons. The molecule has 0 saturated carbocycles. The summed E-state index contributed by atoms with van der Waals surface area (Å²) in [5.74, 6) is 0.340. The van der Waals surface area contributed by atoms with Gasteiger partial charge in [0.25, 0.3) is 0 Å². The third kappa shape index (κ3) is 3.62. The number of rotatable bonds is 6. The summed E-state index contributed by atoms with van der Waals surface area (Å²) >= 11 is 0. The molecule has 0 saturated heterocycles. The molecule has 2 nitrogen and oxygen atoms in total. The number of nitrogens with two attached hydrogens (primary N) is 2.